The van der Waals surface area contributed by atoms with Gasteiger partial charge in [-0.1, -0.05) is 6.42 Å². The van der Waals surface area contributed by atoms with E-state index in [2.05, 4.69) is 4.57 Å². The normalized spacial score (nSPS) is 32.6. The molecule has 0 unspecified atom stereocenters. The van der Waals surface area contributed by atoms with Gasteiger partial charge in [0.1, 0.15) is 0 Å². The molecule has 2 saturated heterocycles. The fourth-order valence-electron chi connectivity index (χ4n) is 2.50. The Morgan fingerprint density at radius 1 is 1.21 bits per heavy atom. The highest BCUT2D eigenvalue weighted by molar-refractivity contribution is 6.57. The first-order valence-electron chi connectivity index (χ1n) is 5.33. The average molecular weight is 217 g/mol. The van der Waals surface area contributed by atoms with E-state index in [4.69, 9.17) is 13.3 Å². The summed E-state index contributed by atoms with van der Waals surface area (Å²) in [5, 5.41) is 0. The van der Waals surface area contributed by atoms with Crippen molar-refractivity contribution < 1.29 is 13.3 Å². The molecule has 0 bridgehead atoms. The number of hydrogen-bond acceptors (Lipinski definition) is 4. The molecule has 2 aliphatic heterocycles. The number of nitrogens with zero attached hydrogens (tertiary/aromatic N) is 1. The molecule has 0 aliphatic carbocycles. The zero-order chi connectivity index (χ0) is 10.0. The minimum absolute atomic E-state index is 0.629. The average Bonchev–Trinajstić information content (AvgIpc) is 2.28. The summed E-state index contributed by atoms with van der Waals surface area (Å²) >= 11 is 0. The lowest BCUT2D eigenvalue weighted by Gasteiger charge is -2.47. The van der Waals surface area contributed by atoms with Crippen LogP contribution in [0.2, 0.25) is 0 Å². The molecule has 2 rings (SSSR count). The zero-order valence-electron chi connectivity index (χ0n) is 8.99. The van der Waals surface area contributed by atoms with Crippen molar-refractivity contribution in [1.29, 1.82) is 0 Å². The van der Waals surface area contributed by atoms with E-state index in [1.54, 1.807) is 14.2 Å². The summed E-state index contributed by atoms with van der Waals surface area (Å²) in [6.45, 7) is 1.85. The van der Waals surface area contributed by atoms with Crippen LogP contribution < -0.4 is 0 Å². The van der Waals surface area contributed by atoms with Gasteiger partial charge in [-0.05, 0) is 25.8 Å². The molecule has 5 heteroatoms. The van der Waals surface area contributed by atoms with Gasteiger partial charge < -0.3 is 13.3 Å². The molecule has 82 valence electrons. The second-order valence-corrected chi connectivity index (χ2v) is 6.64. The Hall–Kier alpha value is 0.0569. The SMILES string of the molecule is CO[Si]1(OC)OCC[C@H]2CCCCN21. The zero-order valence-corrected chi connectivity index (χ0v) is 9.99. The van der Waals surface area contributed by atoms with Crippen LogP contribution in [0.5, 0.6) is 0 Å². The minimum Gasteiger partial charge on any atom is -0.364 e. The summed E-state index contributed by atoms with van der Waals surface area (Å²) in [6, 6.07) is 0.629. The van der Waals surface area contributed by atoms with E-state index in [0.29, 0.717) is 6.04 Å². The van der Waals surface area contributed by atoms with Crippen LogP contribution in [0.3, 0.4) is 0 Å². The highest BCUT2D eigenvalue weighted by Gasteiger charge is 2.53. The fraction of sp³-hybridized carbons (Fsp3) is 1.00. The topological polar surface area (TPSA) is 30.9 Å². The van der Waals surface area contributed by atoms with Crippen molar-refractivity contribution in [3.05, 3.63) is 0 Å². The van der Waals surface area contributed by atoms with Crippen LogP contribution in [-0.2, 0) is 13.3 Å². The molecule has 2 aliphatic rings. The van der Waals surface area contributed by atoms with E-state index in [1.807, 2.05) is 0 Å². The van der Waals surface area contributed by atoms with Gasteiger partial charge in [0.2, 0.25) is 0 Å². The van der Waals surface area contributed by atoms with Gasteiger partial charge >= 0.3 is 8.97 Å². The Morgan fingerprint density at radius 2 is 2.00 bits per heavy atom. The van der Waals surface area contributed by atoms with E-state index in [-0.39, 0.29) is 0 Å². The first-order valence-corrected chi connectivity index (χ1v) is 7.00. The van der Waals surface area contributed by atoms with E-state index >= 15 is 0 Å². The number of hydrogen-bond donors (Lipinski definition) is 0. The highest BCUT2D eigenvalue weighted by Crippen LogP contribution is 2.30. The van der Waals surface area contributed by atoms with Crippen LogP contribution in [0.4, 0.5) is 0 Å². The lowest BCUT2D eigenvalue weighted by Crippen LogP contribution is -2.67. The molecule has 2 fully saturated rings. The molecule has 0 aromatic rings. The molecule has 1 atom stereocenters. The van der Waals surface area contributed by atoms with Crippen LogP contribution >= 0.6 is 0 Å². The van der Waals surface area contributed by atoms with Gasteiger partial charge in [-0.25, -0.2) is 0 Å². The molecule has 0 saturated carbocycles. The highest BCUT2D eigenvalue weighted by atomic mass is 28.4. The molecule has 0 spiro atoms. The monoisotopic (exact) mass is 217 g/mol. The lowest BCUT2D eigenvalue weighted by atomic mass is 10.0. The van der Waals surface area contributed by atoms with Gasteiger partial charge in [-0.2, -0.15) is 0 Å². The van der Waals surface area contributed by atoms with E-state index < -0.39 is 8.97 Å². The van der Waals surface area contributed by atoms with Crippen molar-refractivity contribution in [2.24, 2.45) is 0 Å². The van der Waals surface area contributed by atoms with Crippen molar-refractivity contribution in [3.63, 3.8) is 0 Å². The van der Waals surface area contributed by atoms with Crippen molar-refractivity contribution in [3.8, 4) is 0 Å². The van der Waals surface area contributed by atoms with Crippen molar-refractivity contribution in [1.82, 2.24) is 4.57 Å². The lowest BCUT2D eigenvalue weighted by molar-refractivity contribution is -0.0209. The maximum Gasteiger partial charge on any atom is 0.599 e. The molecule has 4 nitrogen and oxygen atoms in total. The molecule has 0 aromatic carbocycles. The summed E-state index contributed by atoms with van der Waals surface area (Å²) in [5.41, 5.74) is 0. The standard InChI is InChI=1S/C9H19NO3Si/c1-11-14(12-2)10-7-4-3-5-9(10)6-8-13-14/h9H,3-8H2,1-2H3/t9-/m1/s1. The first kappa shape index (κ1) is 10.6. The van der Waals surface area contributed by atoms with Crippen molar-refractivity contribution >= 4 is 8.97 Å². The smallest absolute Gasteiger partial charge is 0.364 e. The molecule has 0 aromatic heterocycles. The summed E-state index contributed by atoms with van der Waals surface area (Å²) < 4.78 is 19.1. The van der Waals surface area contributed by atoms with E-state index in [0.717, 1.165) is 19.6 Å². The van der Waals surface area contributed by atoms with E-state index in [1.165, 1.54) is 19.3 Å². The van der Waals surface area contributed by atoms with Gasteiger partial charge in [-0.15, -0.1) is 0 Å². The Kier molecular flexibility index (Phi) is 3.23. The van der Waals surface area contributed by atoms with Crippen molar-refractivity contribution in [2.45, 2.75) is 31.7 Å². The summed E-state index contributed by atoms with van der Waals surface area (Å²) in [4.78, 5) is 0. The van der Waals surface area contributed by atoms with Gasteiger partial charge in [0.15, 0.2) is 0 Å². The second-order valence-electron chi connectivity index (χ2n) is 3.91. The first-order chi connectivity index (χ1) is 6.82. The van der Waals surface area contributed by atoms with Crippen LogP contribution in [0.1, 0.15) is 25.7 Å². The molecule has 2 heterocycles. The van der Waals surface area contributed by atoms with Crippen LogP contribution in [0, 0.1) is 0 Å². The third-order valence-electron chi connectivity index (χ3n) is 3.23. The quantitative estimate of drug-likeness (QED) is 0.645. The second kappa shape index (κ2) is 4.28. The molecule has 14 heavy (non-hydrogen) atoms. The predicted molar refractivity (Wildman–Crippen MR) is 54.7 cm³/mol. The number of rotatable bonds is 2. The van der Waals surface area contributed by atoms with Crippen LogP contribution in [0.25, 0.3) is 0 Å². The minimum atomic E-state index is -2.46. The maximum atomic E-state index is 5.75. The largest absolute Gasteiger partial charge is 0.599 e. The molecule has 0 radical (unpaired) electrons. The van der Waals surface area contributed by atoms with Crippen LogP contribution in [0.15, 0.2) is 0 Å². The Balaban J connectivity index is 2.14. The van der Waals surface area contributed by atoms with Gasteiger partial charge in [-0.3, -0.25) is 4.57 Å². The summed E-state index contributed by atoms with van der Waals surface area (Å²) in [5.74, 6) is 0. The third kappa shape index (κ3) is 1.63. The molecule has 0 amide bonds. The third-order valence-corrected chi connectivity index (χ3v) is 6.12. The van der Waals surface area contributed by atoms with Gasteiger partial charge in [0.25, 0.3) is 0 Å². The molecule has 0 N–H and O–H groups in total. The summed E-state index contributed by atoms with van der Waals surface area (Å²) in [6.07, 6.45) is 4.96. The van der Waals surface area contributed by atoms with Gasteiger partial charge in [0, 0.05) is 26.9 Å². The maximum absolute atomic E-state index is 5.75. The number of piperidine rings is 1. The molecular formula is C9H19NO3Si. The van der Waals surface area contributed by atoms with Crippen LogP contribution in [-0.4, -0.2) is 46.9 Å². The van der Waals surface area contributed by atoms with E-state index in [9.17, 15) is 0 Å². The Labute approximate surface area is 86.6 Å². The number of fused-ring (bicyclic) bond motifs is 1. The molecular weight excluding hydrogens is 198 g/mol. The fourth-order valence-corrected chi connectivity index (χ4v) is 5.05. The Morgan fingerprint density at radius 3 is 2.71 bits per heavy atom. The summed E-state index contributed by atoms with van der Waals surface area (Å²) in [7, 11) is 0.943. The Bertz CT molecular complexity index is 196. The van der Waals surface area contributed by atoms with Gasteiger partial charge in [0.05, 0.1) is 0 Å². The van der Waals surface area contributed by atoms with Crippen molar-refractivity contribution in [2.75, 3.05) is 27.4 Å². The predicted octanol–water partition coefficient (Wildman–Crippen LogP) is 0.990.